The lowest BCUT2D eigenvalue weighted by atomic mass is 9.96. The SMILES string of the molecule is COc1ccc(C(=O)OCc2nc(C(C)(C)C)no2)cc1S(=O)(=O)NCc1ccc(Cl)cc1. The predicted octanol–water partition coefficient (Wildman–Crippen LogP) is 3.86. The second-order valence-corrected chi connectivity index (χ2v) is 10.3. The zero-order chi connectivity index (χ0) is 24.2. The molecule has 3 aromatic rings. The Balaban J connectivity index is 1.74. The van der Waals surface area contributed by atoms with Crippen LogP contribution in [0.2, 0.25) is 5.02 Å². The zero-order valence-electron chi connectivity index (χ0n) is 18.6. The summed E-state index contributed by atoms with van der Waals surface area (Å²) < 4.78 is 43.8. The van der Waals surface area contributed by atoms with Gasteiger partial charge in [0.15, 0.2) is 12.4 Å². The highest BCUT2D eigenvalue weighted by Crippen LogP contribution is 2.26. The molecule has 0 aliphatic rings. The molecule has 9 nitrogen and oxygen atoms in total. The van der Waals surface area contributed by atoms with Gasteiger partial charge in [-0.15, -0.1) is 0 Å². The van der Waals surface area contributed by atoms with Crippen LogP contribution in [0.4, 0.5) is 0 Å². The van der Waals surface area contributed by atoms with Gasteiger partial charge in [0.05, 0.1) is 12.7 Å². The minimum Gasteiger partial charge on any atom is -0.495 e. The largest absolute Gasteiger partial charge is 0.495 e. The van der Waals surface area contributed by atoms with E-state index in [1.54, 1.807) is 24.3 Å². The number of rotatable bonds is 8. The van der Waals surface area contributed by atoms with Crippen molar-refractivity contribution in [3.63, 3.8) is 0 Å². The van der Waals surface area contributed by atoms with E-state index in [1.807, 2.05) is 20.8 Å². The maximum Gasteiger partial charge on any atom is 0.338 e. The molecule has 0 bridgehead atoms. The number of carbonyl (C=O) groups excluding carboxylic acids is 1. The van der Waals surface area contributed by atoms with Crippen molar-refractivity contribution in [2.45, 2.75) is 44.2 Å². The van der Waals surface area contributed by atoms with Crippen molar-refractivity contribution < 1.29 is 27.2 Å². The molecule has 2 aromatic carbocycles. The van der Waals surface area contributed by atoms with Crippen LogP contribution in [0.1, 0.15) is 48.4 Å². The van der Waals surface area contributed by atoms with Gasteiger partial charge in [0.25, 0.3) is 5.89 Å². The van der Waals surface area contributed by atoms with Gasteiger partial charge >= 0.3 is 5.97 Å². The van der Waals surface area contributed by atoms with Crippen molar-refractivity contribution in [2.24, 2.45) is 0 Å². The minimum atomic E-state index is -4.00. The van der Waals surface area contributed by atoms with Gasteiger partial charge in [-0.2, -0.15) is 4.98 Å². The van der Waals surface area contributed by atoms with Gasteiger partial charge in [-0.3, -0.25) is 0 Å². The minimum absolute atomic E-state index is 0.0261. The van der Waals surface area contributed by atoms with Crippen LogP contribution in [-0.4, -0.2) is 31.6 Å². The van der Waals surface area contributed by atoms with Gasteiger partial charge < -0.3 is 14.0 Å². The number of methoxy groups -OCH3 is 1. The molecule has 0 aliphatic carbocycles. The summed E-state index contributed by atoms with van der Waals surface area (Å²) in [6, 6.07) is 10.7. The first-order valence-electron chi connectivity index (χ1n) is 9.92. The van der Waals surface area contributed by atoms with Crippen LogP contribution >= 0.6 is 11.6 Å². The average molecular weight is 494 g/mol. The maximum atomic E-state index is 12.9. The van der Waals surface area contributed by atoms with Crippen molar-refractivity contribution >= 4 is 27.6 Å². The smallest absolute Gasteiger partial charge is 0.338 e. The van der Waals surface area contributed by atoms with E-state index in [-0.39, 0.29) is 40.7 Å². The first-order chi connectivity index (χ1) is 15.5. The van der Waals surface area contributed by atoms with E-state index in [2.05, 4.69) is 14.9 Å². The number of nitrogens with zero attached hydrogens (tertiary/aromatic N) is 2. The Labute approximate surface area is 197 Å². The molecular formula is C22H24ClN3O6S. The molecule has 0 saturated heterocycles. The normalized spacial score (nSPS) is 11.9. The summed E-state index contributed by atoms with van der Waals surface area (Å²) in [6.07, 6.45) is 0. The molecule has 1 aromatic heterocycles. The van der Waals surface area contributed by atoms with Crippen molar-refractivity contribution in [2.75, 3.05) is 7.11 Å². The number of hydrogen-bond acceptors (Lipinski definition) is 8. The topological polar surface area (TPSA) is 121 Å². The molecule has 0 amide bonds. The number of ether oxygens (including phenoxy) is 2. The summed E-state index contributed by atoms with van der Waals surface area (Å²) in [5, 5.41) is 4.41. The molecule has 0 saturated carbocycles. The molecule has 0 radical (unpaired) electrons. The second kappa shape index (κ2) is 9.90. The monoisotopic (exact) mass is 493 g/mol. The average Bonchev–Trinajstić information content (AvgIpc) is 3.26. The van der Waals surface area contributed by atoms with Crippen LogP contribution in [0.15, 0.2) is 51.9 Å². The van der Waals surface area contributed by atoms with E-state index in [0.717, 1.165) is 0 Å². The Morgan fingerprint density at radius 2 is 1.85 bits per heavy atom. The Kier molecular flexibility index (Phi) is 7.41. The molecule has 176 valence electrons. The lowest BCUT2D eigenvalue weighted by Crippen LogP contribution is -2.24. The molecule has 3 rings (SSSR count). The number of halogens is 1. The summed E-state index contributed by atoms with van der Waals surface area (Å²) in [5.74, 6) is -0.0402. The highest BCUT2D eigenvalue weighted by molar-refractivity contribution is 7.89. The summed E-state index contributed by atoms with van der Waals surface area (Å²) in [4.78, 5) is 16.5. The Morgan fingerprint density at radius 1 is 1.15 bits per heavy atom. The van der Waals surface area contributed by atoms with Crippen LogP contribution in [-0.2, 0) is 33.3 Å². The molecule has 0 spiro atoms. The van der Waals surface area contributed by atoms with Crippen LogP contribution < -0.4 is 9.46 Å². The lowest BCUT2D eigenvalue weighted by molar-refractivity contribution is 0.0429. The van der Waals surface area contributed by atoms with Crippen molar-refractivity contribution in [3.05, 3.63) is 70.3 Å². The van der Waals surface area contributed by atoms with E-state index in [4.69, 9.17) is 25.6 Å². The lowest BCUT2D eigenvalue weighted by Gasteiger charge is -2.12. The molecule has 0 unspecified atom stereocenters. The highest BCUT2D eigenvalue weighted by Gasteiger charge is 2.24. The fraction of sp³-hybridized carbons (Fsp3) is 0.318. The van der Waals surface area contributed by atoms with E-state index in [9.17, 15) is 13.2 Å². The summed E-state index contributed by atoms with van der Waals surface area (Å²) in [7, 11) is -2.66. The number of carbonyl (C=O) groups is 1. The molecule has 0 aliphatic heterocycles. The Morgan fingerprint density at radius 3 is 2.45 bits per heavy atom. The molecule has 33 heavy (non-hydrogen) atoms. The third-order valence-corrected chi connectivity index (χ3v) is 6.21. The number of benzene rings is 2. The summed E-state index contributed by atoms with van der Waals surface area (Å²) in [5.41, 5.74) is 0.425. The maximum absolute atomic E-state index is 12.9. The molecule has 1 heterocycles. The zero-order valence-corrected chi connectivity index (χ0v) is 20.2. The first kappa shape index (κ1) is 24.7. The van der Waals surface area contributed by atoms with E-state index in [1.165, 1.54) is 25.3 Å². The Hall–Kier alpha value is -2.95. The van der Waals surface area contributed by atoms with Crippen molar-refractivity contribution in [3.8, 4) is 5.75 Å². The van der Waals surface area contributed by atoms with Gasteiger partial charge in [0, 0.05) is 17.0 Å². The van der Waals surface area contributed by atoms with Crippen LogP contribution in [0.5, 0.6) is 5.75 Å². The summed E-state index contributed by atoms with van der Waals surface area (Å²) in [6.45, 7) is 5.56. The Bertz CT molecular complexity index is 1230. The molecule has 0 atom stereocenters. The third-order valence-electron chi connectivity index (χ3n) is 4.53. The fourth-order valence-electron chi connectivity index (χ4n) is 2.70. The van der Waals surface area contributed by atoms with Crippen LogP contribution in [0, 0.1) is 0 Å². The van der Waals surface area contributed by atoms with Gasteiger partial charge in [0.1, 0.15) is 10.6 Å². The fourth-order valence-corrected chi connectivity index (χ4v) is 4.04. The molecule has 0 fully saturated rings. The molecular weight excluding hydrogens is 470 g/mol. The van der Waals surface area contributed by atoms with Crippen molar-refractivity contribution in [1.82, 2.24) is 14.9 Å². The van der Waals surface area contributed by atoms with Crippen LogP contribution in [0.25, 0.3) is 0 Å². The quantitative estimate of drug-likeness (QED) is 0.469. The van der Waals surface area contributed by atoms with Gasteiger partial charge in [-0.1, -0.05) is 49.7 Å². The standard InChI is InChI=1S/C22H24ClN3O6S/c1-22(2,3)21-25-19(32-26-21)13-31-20(27)15-7-10-17(30-4)18(11-15)33(28,29)24-12-14-5-8-16(23)9-6-14/h5-11,24H,12-13H2,1-4H3. The summed E-state index contributed by atoms with van der Waals surface area (Å²) >= 11 is 5.86. The predicted molar refractivity (Wildman–Crippen MR) is 121 cm³/mol. The molecule has 1 N–H and O–H groups in total. The number of nitrogens with one attached hydrogen (secondary N) is 1. The number of esters is 1. The van der Waals surface area contributed by atoms with Gasteiger partial charge in [0.2, 0.25) is 10.0 Å². The van der Waals surface area contributed by atoms with Gasteiger partial charge in [-0.05, 0) is 35.9 Å². The number of hydrogen-bond donors (Lipinski definition) is 1. The first-order valence-corrected chi connectivity index (χ1v) is 11.8. The van der Waals surface area contributed by atoms with E-state index < -0.39 is 16.0 Å². The number of sulfonamides is 1. The van der Waals surface area contributed by atoms with Gasteiger partial charge in [-0.25, -0.2) is 17.9 Å². The highest BCUT2D eigenvalue weighted by atomic mass is 35.5. The number of aromatic nitrogens is 2. The van der Waals surface area contributed by atoms with E-state index in [0.29, 0.717) is 16.4 Å². The van der Waals surface area contributed by atoms with Crippen molar-refractivity contribution in [1.29, 1.82) is 0 Å². The second-order valence-electron chi connectivity index (χ2n) is 8.15. The molecule has 11 heteroatoms. The van der Waals surface area contributed by atoms with Crippen LogP contribution in [0.3, 0.4) is 0 Å². The third kappa shape index (κ3) is 6.31. The van der Waals surface area contributed by atoms with E-state index >= 15 is 0 Å².